The summed E-state index contributed by atoms with van der Waals surface area (Å²) >= 11 is 3.44. The van der Waals surface area contributed by atoms with Gasteiger partial charge >= 0.3 is 0 Å². The van der Waals surface area contributed by atoms with Crippen molar-refractivity contribution in [2.45, 2.75) is 12.8 Å². The van der Waals surface area contributed by atoms with E-state index in [0.29, 0.717) is 0 Å². The van der Waals surface area contributed by atoms with E-state index < -0.39 is 0 Å². The van der Waals surface area contributed by atoms with E-state index in [9.17, 15) is 0 Å². The van der Waals surface area contributed by atoms with Crippen molar-refractivity contribution in [3.63, 3.8) is 0 Å². The van der Waals surface area contributed by atoms with Gasteiger partial charge in [0.15, 0.2) is 0 Å². The molecule has 4 heteroatoms. The summed E-state index contributed by atoms with van der Waals surface area (Å²) in [4.78, 5) is 6.66. The molecule has 0 N–H and O–H groups in total. The molecule has 0 radical (unpaired) electrons. The SMILES string of the molecule is Cn1c(Br)cnc1N1CCCC1. The summed E-state index contributed by atoms with van der Waals surface area (Å²) in [5.41, 5.74) is 0. The van der Waals surface area contributed by atoms with E-state index in [1.807, 2.05) is 13.2 Å². The van der Waals surface area contributed by atoms with E-state index in [2.05, 4.69) is 30.4 Å². The molecule has 1 aliphatic rings. The van der Waals surface area contributed by atoms with Crippen molar-refractivity contribution in [2.24, 2.45) is 7.05 Å². The van der Waals surface area contributed by atoms with Crippen molar-refractivity contribution in [1.82, 2.24) is 9.55 Å². The van der Waals surface area contributed by atoms with Crippen LogP contribution in [0.5, 0.6) is 0 Å². The zero-order chi connectivity index (χ0) is 8.55. The van der Waals surface area contributed by atoms with Crippen LogP contribution in [-0.2, 0) is 7.05 Å². The fraction of sp³-hybridized carbons (Fsp3) is 0.625. The highest BCUT2D eigenvalue weighted by atomic mass is 79.9. The van der Waals surface area contributed by atoms with Crippen molar-refractivity contribution in [3.8, 4) is 0 Å². The molecular weight excluding hydrogens is 218 g/mol. The van der Waals surface area contributed by atoms with Crippen LogP contribution in [0.1, 0.15) is 12.8 Å². The quantitative estimate of drug-likeness (QED) is 0.733. The maximum Gasteiger partial charge on any atom is 0.206 e. The van der Waals surface area contributed by atoms with E-state index >= 15 is 0 Å². The summed E-state index contributed by atoms with van der Waals surface area (Å²) in [6.45, 7) is 2.30. The normalized spacial score (nSPS) is 17.3. The summed E-state index contributed by atoms with van der Waals surface area (Å²) in [6, 6.07) is 0. The number of hydrogen-bond donors (Lipinski definition) is 0. The van der Waals surface area contributed by atoms with Gasteiger partial charge in [-0.15, -0.1) is 0 Å². The van der Waals surface area contributed by atoms with E-state index in [1.165, 1.54) is 12.8 Å². The summed E-state index contributed by atoms with van der Waals surface area (Å²) in [6.07, 6.45) is 4.45. The van der Waals surface area contributed by atoms with Crippen molar-refractivity contribution in [2.75, 3.05) is 18.0 Å². The third kappa shape index (κ3) is 1.24. The molecule has 0 bridgehead atoms. The van der Waals surface area contributed by atoms with Crippen LogP contribution in [0.3, 0.4) is 0 Å². The molecule has 2 heterocycles. The first-order valence-electron chi connectivity index (χ1n) is 4.21. The maximum atomic E-state index is 4.34. The molecule has 3 nitrogen and oxygen atoms in total. The summed E-state index contributed by atoms with van der Waals surface area (Å²) in [5.74, 6) is 1.08. The zero-order valence-corrected chi connectivity index (χ0v) is 8.71. The number of halogens is 1. The standard InChI is InChI=1S/C8H12BrN3/c1-11-7(9)6-10-8(11)12-4-2-3-5-12/h6H,2-5H2,1H3. The molecule has 0 aliphatic carbocycles. The molecule has 12 heavy (non-hydrogen) atoms. The molecule has 66 valence electrons. The Hall–Kier alpha value is -0.510. The van der Waals surface area contributed by atoms with E-state index in [0.717, 1.165) is 23.6 Å². The van der Waals surface area contributed by atoms with Gasteiger partial charge in [-0.1, -0.05) is 0 Å². The molecule has 0 saturated carbocycles. The number of imidazole rings is 1. The average molecular weight is 230 g/mol. The maximum absolute atomic E-state index is 4.34. The van der Waals surface area contributed by atoms with E-state index in [1.54, 1.807) is 0 Å². The largest absolute Gasteiger partial charge is 0.342 e. The van der Waals surface area contributed by atoms with Crippen LogP contribution in [0.25, 0.3) is 0 Å². The number of nitrogens with zero attached hydrogens (tertiary/aromatic N) is 3. The molecule has 0 atom stereocenters. The lowest BCUT2D eigenvalue weighted by atomic mass is 10.4. The molecule has 0 unspecified atom stereocenters. The van der Waals surface area contributed by atoms with Gasteiger partial charge in [0.1, 0.15) is 4.60 Å². The van der Waals surface area contributed by atoms with Crippen molar-refractivity contribution in [1.29, 1.82) is 0 Å². The van der Waals surface area contributed by atoms with Crippen LogP contribution in [-0.4, -0.2) is 22.6 Å². The zero-order valence-electron chi connectivity index (χ0n) is 7.13. The van der Waals surface area contributed by atoms with Gasteiger partial charge in [-0.3, -0.25) is 0 Å². The molecule has 1 aliphatic heterocycles. The second kappa shape index (κ2) is 3.09. The predicted molar refractivity (Wildman–Crippen MR) is 52.4 cm³/mol. The molecule has 1 aromatic heterocycles. The lowest BCUT2D eigenvalue weighted by Gasteiger charge is -2.15. The van der Waals surface area contributed by atoms with Gasteiger partial charge in [0.25, 0.3) is 0 Å². The van der Waals surface area contributed by atoms with E-state index in [4.69, 9.17) is 0 Å². The van der Waals surface area contributed by atoms with Crippen LogP contribution in [0.15, 0.2) is 10.8 Å². The van der Waals surface area contributed by atoms with Gasteiger partial charge in [0.2, 0.25) is 5.95 Å². The van der Waals surface area contributed by atoms with Crippen LogP contribution in [0.4, 0.5) is 5.95 Å². The molecule has 0 amide bonds. The first kappa shape index (κ1) is 8.10. The van der Waals surface area contributed by atoms with Gasteiger partial charge in [-0.2, -0.15) is 0 Å². The summed E-state index contributed by atoms with van der Waals surface area (Å²) < 4.78 is 3.12. The van der Waals surface area contributed by atoms with Crippen LogP contribution >= 0.6 is 15.9 Å². The Labute approximate surface area is 80.5 Å². The van der Waals surface area contributed by atoms with E-state index in [-0.39, 0.29) is 0 Å². The number of hydrogen-bond acceptors (Lipinski definition) is 2. The third-order valence-electron chi connectivity index (χ3n) is 2.30. The number of aromatic nitrogens is 2. The topological polar surface area (TPSA) is 21.1 Å². The van der Waals surface area contributed by atoms with Crippen LogP contribution in [0.2, 0.25) is 0 Å². The highest BCUT2D eigenvalue weighted by Gasteiger charge is 2.16. The lowest BCUT2D eigenvalue weighted by molar-refractivity contribution is 0.811. The smallest absolute Gasteiger partial charge is 0.206 e. The molecular formula is C8H12BrN3. The fourth-order valence-corrected chi connectivity index (χ4v) is 1.85. The predicted octanol–water partition coefficient (Wildman–Crippen LogP) is 1.78. The summed E-state index contributed by atoms with van der Waals surface area (Å²) in [5, 5.41) is 0. The first-order chi connectivity index (χ1) is 5.79. The Balaban J connectivity index is 2.26. The number of rotatable bonds is 1. The molecule has 1 aromatic rings. The highest BCUT2D eigenvalue weighted by Crippen LogP contribution is 2.21. The Morgan fingerprint density at radius 3 is 2.58 bits per heavy atom. The second-order valence-electron chi connectivity index (χ2n) is 3.13. The van der Waals surface area contributed by atoms with Crippen molar-refractivity contribution in [3.05, 3.63) is 10.8 Å². The molecule has 2 rings (SSSR count). The Morgan fingerprint density at radius 2 is 2.08 bits per heavy atom. The second-order valence-corrected chi connectivity index (χ2v) is 3.95. The van der Waals surface area contributed by atoms with Gasteiger partial charge < -0.3 is 9.47 Å². The lowest BCUT2D eigenvalue weighted by Crippen LogP contribution is -2.21. The Kier molecular flexibility index (Phi) is 2.09. The van der Waals surface area contributed by atoms with Crippen molar-refractivity contribution >= 4 is 21.9 Å². The van der Waals surface area contributed by atoms with Gasteiger partial charge in [0, 0.05) is 20.1 Å². The fourth-order valence-electron chi connectivity index (χ4n) is 1.59. The molecule has 0 aromatic carbocycles. The molecule has 0 spiro atoms. The summed E-state index contributed by atoms with van der Waals surface area (Å²) in [7, 11) is 2.03. The average Bonchev–Trinajstić information content (AvgIpc) is 2.64. The minimum absolute atomic E-state index is 1.05. The van der Waals surface area contributed by atoms with Gasteiger partial charge in [-0.05, 0) is 28.8 Å². The third-order valence-corrected chi connectivity index (χ3v) is 3.03. The minimum atomic E-state index is 1.05. The Bertz CT molecular complexity index is 276. The van der Waals surface area contributed by atoms with Gasteiger partial charge in [0.05, 0.1) is 6.20 Å². The Morgan fingerprint density at radius 1 is 1.42 bits per heavy atom. The van der Waals surface area contributed by atoms with Crippen LogP contribution < -0.4 is 4.90 Å². The molecule has 1 saturated heterocycles. The molecule has 1 fully saturated rings. The van der Waals surface area contributed by atoms with Crippen LogP contribution in [0, 0.1) is 0 Å². The monoisotopic (exact) mass is 229 g/mol. The highest BCUT2D eigenvalue weighted by molar-refractivity contribution is 9.10. The first-order valence-corrected chi connectivity index (χ1v) is 5.00. The minimum Gasteiger partial charge on any atom is -0.342 e. The van der Waals surface area contributed by atoms with Gasteiger partial charge in [-0.25, -0.2) is 4.98 Å². The number of anilines is 1. The van der Waals surface area contributed by atoms with Crippen molar-refractivity contribution < 1.29 is 0 Å².